The Bertz CT molecular complexity index is 401. The van der Waals surface area contributed by atoms with Gasteiger partial charge >= 0.3 is 6.09 Å². The minimum atomic E-state index is -0.547. The molecule has 0 saturated carbocycles. The Kier molecular flexibility index (Phi) is 6.14. The van der Waals surface area contributed by atoms with Crippen molar-refractivity contribution in [2.24, 2.45) is 5.92 Å². The van der Waals surface area contributed by atoms with E-state index in [0.717, 1.165) is 5.75 Å². The maximum absolute atomic E-state index is 12.1. The molecule has 1 fully saturated rings. The molecule has 0 aromatic rings. The number of rotatable bonds is 2. The quantitative estimate of drug-likeness (QED) is 0.775. The van der Waals surface area contributed by atoms with Gasteiger partial charge in [-0.05, 0) is 20.8 Å². The number of thioether (sulfide) groups is 1. The molecular formula is C13H21N3O3S. The van der Waals surface area contributed by atoms with Crippen molar-refractivity contribution in [3.8, 4) is 6.07 Å². The molecule has 7 heteroatoms. The van der Waals surface area contributed by atoms with Crippen molar-refractivity contribution in [1.29, 1.82) is 5.26 Å². The number of nitrogens with zero attached hydrogens (tertiary/aromatic N) is 2. The molecule has 0 radical (unpaired) electrons. The Morgan fingerprint density at radius 1 is 1.50 bits per heavy atom. The third kappa shape index (κ3) is 5.70. The molecule has 1 aliphatic heterocycles. The second-order valence-electron chi connectivity index (χ2n) is 5.57. The number of nitrogens with one attached hydrogen (secondary N) is 1. The third-order valence-electron chi connectivity index (χ3n) is 2.63. The lowest BCUT2D eigenvalue weighted by atomic mass is 10.1. The largest absolute Gasteiger partial charge is 0.444 e. The summed E-state index contributed by atoms with van der Waals surface area (Å²) in [6.45, 7) is 6.34. The van der Waals surface area contributed by atoms with Gasteiger partial charge in [-0.3, -0.25) is 4.79 Å². The summed E-state index contributed by atoms with van der Waals surface area (Å²) in [6.07, 6.45) is -0.391. The van der Waals surface area contributed by atoms with Gasteiger partial charge in [0.15, 0.2) is 0 Å². The van der Waals surface area contributed by atoms with Crippen molar-refractivity contribution < 1.29 is 14.3 Å². The van der Waals surface area contributed by atoms with Crippen molar-refractivity contribution >= 4 is 23.8 Å². The van der Waals surface area contributed by atoms with E-state index in [2.05, 4.69) is 5.32 Å². The van der Waals surface area contributed by atoms with Crippen LogP contribution in [0.3, 0.4) is 0 Å². The molecule has 1 rings (SSSR count). The van der Waals surface area contributed by atoms with E-state index >= 15 is 0 Å². The predicted octanol–water partition coefficient (Wildman–Crippen LogP) is 1.23. The Hall–Kier alpha value is -1.42. The number of nitriles is 1. The second kappa shape index (κ2) is 7.39. The highest BCUT2D eigenvalue weighted by atomic mass is 32.2. The van der Waals surface area contributed by atoms with Crippen LogP contribution < -0.4 is 5.32 Å². The Morgan fingerprint density at radius 2 is 2.20 bits per heavy atom. The van der Waals surface area contributed by atoms with E-state index in [1.54, 1.807) is 16.7 Å². The summed E-state index contributed by atoms with van der Waals surface area (Å²) in [7, 11) is 0. The van der Waals surface area contributed by atoms with Gasteiger partial charge in [-0.2, -0.15) is 17.0 Å². The Balaban J connectivity index is 2.62. The minimum Gasteiger partial charge on any atom is -0.444 e. The summed E-state index contributed by atoms with van der Waals surface area (Å²) in [5.74, 6) is 0.940. The summed E-state index contributed by atoms with van der Waals surface area (Å²) < 4.78 is 5.34. The van der Waals surface area contributed by atoms with Gasteiger partial charge in [0.1, 0.15) is 12.1 Å². The highest BCUT2D eigenvalue weighted by Gasteiger charge is 2.29. The van der Waals surface area contributed by atoms with E-state index in [4.69, 9.17) is 10.00 Å². The van der Waals surface area contributed by atoms with Crippen LogP contribution in [-0.2, 0) is 9.53 Å². The maximum Gasteiger partial charge on any atom is 0.410 e. The number of hydrogen-bond donors (Lipinski definition) is 1. The Labute approximate surface area is 123 Å². The summed E-state index contributed by atoms with van der Waals surface area (Å²) >= 11 is 1.63. The average Bonchev–Trinajstić information content (AvgIpc) is 2.59. The highest BCUT2D eigenvalue weighted by molar-refractivity contribution is 7.99. The molecule has 0 bridgehead atoms. The van der Waals surface area contributed by atoms with E-state index in [1.165, 1.54) is 0 Å². The minimum absolute atomic E-state index is 0.00750. The molecular weight excluding hydrogens is 278 g/mol. The molecule has 112 valence electrons. The molecule has 20 heavy (non-hydrogen) atoms. The number of amides is 2. The van der Waals surface area contributed by atoms with Crippen LogP contribution in [0.15, 0.2) is 0 Å². The zero-order chi connectivity index (χ0) is 15.2. The predicted molar refractivity (Wildman–Crippen MR) is 77.2 cm³/mol. The van der Waals surface area contributed by atoms with Crippen LogP contribution in [0.4, 0.5) is 4.79 Å². The molecule has 1 saturated heterocycles. The first kappa shape index (κ1) is 16.6. The van der Waals surface area contributed by atoms with Gasteiger partial charge in [-0.1, -0.05) is 0 Å². The maximum atomic E-state index is 12.1. The standard InChI is InChI=1S/C13H21N3O3S/c1-13(2,3)19-12(18)16-6-7-20-9-10(8-16)11(17)15-5-4-14/h10H,5-9H2,1-3H3,(H,15,17). The molecule has 0 spiro atoms. The fourth-order valence-corrected chi connectivity index (χ4v) is 2.79. The van der Waals surface area contributed by atoms with E-state index in [-0.39, 0.29) is 18.4 Å². The average molecular weight is 299 g/mol. The van der Waals surface area contributed by atoms with Crippen LogP contribution in [0.2, 0.25) is 0 Å². The van der Waals surface area contributed by atoms with E-state index in [1.807, 2.05) is 26.8 Å². The lowest BCUT2D eigenvalue weighted by Gasteiger charge is -2.27. The van der Waals surface area contributed by atoms with Crippen LogP contribution in [0, 0.1) is 17.2 Å². The first-order chi connectivity index (χ1) is 9.33. The zero-order valence-corrected chi connectivity index (χ0v) is 13.0. The van der Waals surface area contributed by atoms with Crippen LogP contribution in [0.5, 0.6) is 0 Å². The number of ether oxygens (including phenoxy) is 1. The molecule has 0 aliphatic carbocycles. The van der Waals surface area contributed by atoms with Gasteiger partial charge in [-0.25, -0.2) is 4.79 Å². The third-order valence-corrected chi connectivity index (χ3v) is 3.74. The lowest BCUT2D eigenvalue weighted by molar-refractivity contribution is -0.124. The molecule has 1 N–H and O–H groups in total. The van der Waals surface area contributed by atoms with Crippen molar-refractivity contribution in [2.75, 3.05) is 31.1 Å². The summed E-state index contributed by atoms with van der Waals surface area (Å²) in [5.41, 5.74) is -0.547. The van der Waals surface area contributed by atoms with Crippen molar-refractivity contribution in [3.63, 3.8) is 0 Å². The number of carbonyl (C=O) groups is 2. The summed E-state index contributed by atoms with van der Waals surface area (Å²) in [4.78, 5) is 25.5. The second-order valence-corrected chi connectivity index (χ2v) is 6.72. The molecule has 6 nitrogen and oxygen atoms in total. The fraction of sp³-hybridized carbons (Fsp3) is 0.769. The smallest absolute Gasteiger partial charge is 0.410 e. The van der Waals surface area contributed by atoms with Gasteiger partial charge < -0.3 is 15.0 Å². The van der Waals surface area contributed by atoms with Gasteiger partial charge in [0.2, 0.25) is 5.91 Å². The molecule has 1 atom stereocenters. The normalized spacial score (nSPS) is 19.7. The molecule has 1 aliphatic rings. The van der Waals surface area contributed by atoms with Crippen LogP contribution in [0.1, 0.15) is 20.8 Å². The topological polar surface area (TPSA) is 82.4 Å². The van der Waals surface area contributed by atoms with E-state index in [0.29, 0.717) is 18.8 Å². The first-order valence-electron chi connectivity index (χ1n) is 6.54. The molecule has 0 aromatic carbocycles. The molecule has 1 heterocycles. The SMILES string of the molecule is CC(C)(C)OC(=O)N1CCSCC(C(=O)NCC#N)C1. The lowest BCUT2D eigenvalue weighted by Crippen LogP contribution is -2.43. The van der Waals surface area contributed by atoms with Crippen molar-refractivity contribution in [2.45, 2.75) is 26.4 Å². The van der Waals surface area contributed by atoms with Gasteiger partial charge in [0, 0.05) is 24.6 Å². The zero-order valence-electron chi connectivity index (χ0n) is 12.1. The molecule has 0 aromatic heterocycles. The number of carbonyl (C=O) groups excluding carboxylic acids is 2. The van der Waals surface area contributed by atoms with Gasteiger partial charge in [0.05, 0.1) is 12.0 Å². The highest BCUT2D eigenvalue weighted by Crippen LogP contribution is 2.18. The molecule has 2 amide bonds. The summed E-state index contributed by atoms with van der Waals surface area (Å²) in [5, 5.41) is 11.0. The van der Waals surface area contributed by atoms with E-state index in [9.17, 15) is 9.59 Å². The summed E-state index contributed by atoms with van der Waals surface area (Å²) in [6, 6.07) is 1.87. The van der Waals surface area contributed by atoms with Crippen molar-refractivity contribution in [1.82, 2.24) is 10.2 Å². The van der Waals surface area contributed by atoms with Crippen molar-refractivity contribution in [3.05, 3.63) is 0 Å². The monoisotopic (exact) mass is 299 g/mol. The van der Waals surface area contributed by atoms with Crippen LogP contribution in [-0.4, -0.2) is 53.6 Å². The van der Waals surface area contributed by atoms with Crippen LogP contribution >= 0.6 is 11.8 Å². The van der Waals surface area contributed by atoms with Gasteiger partial charge in [0.25, 0.3) is 0 Å². The van der Waals surface area contributed by atoms with E-state index < -0.39 is 11.7 Å². The fourth-order valence-electron chi connectivity index (χ4n) is 1.73. The number of hydrogen-bond acceptors (Lipinski definition) is 5. The Morgan fingerprint density at radius 3 is 2.80 bits per heavy atom. The van der Waals surface area contributed by atoms with Gasteiger partial charge in [-0.15, -0.1) is 0 Å². The molecule has 1 unspecified atom stereocenters. The first-order valence-corrected chi connectivity index (χ1v) is 7.69. The van der Waals surface area contributed by atoms with Crippen LogP contribution in [0.25, 0.3) is 0 Å².